The van der Waals surface area contributed by atoms with Crippen molar-refractivity contribution in [2.24, 2.45) is 11.3 Å². The SMILES string of the molecule is O=C(N1CCc2ncc(C(F)(F)F)cc2C1)[C@@]12CCC[C@@H]1C[C@@H](NC1CCCCC1)C2. The van der Waals surface area contributed by atoms with Crippen molar-refractivity contribution in [1.82, 2.24) is 15.2 Å². The summed E-state index contributed by atoms with van der Waals surface area (Å²) < 4.78 is 39.4. The zero-order valence-corrected chi connectivity index (χ0v) is 18.0. The third-order valence-electron chi connectivity index (χ3n) is 8.29. The minimum atomic E-state index is -4.41. The first-order valence-corrected chi connectivity index (χ1v) is 12.0. The van der Waals surface area contributed by atoms with Crippen molar-refractivity contribution in [2.45, 2.75) is 95.4 Å². The number of nitrogens with one attached hydrogen (secondary N) is 1. The van der Waals surface area contributed by atoms with E-state index in [1.165, 1.54) is 38.2 Å². The molecule has 2 heterocycles. The quantitative estimate of drug-likeness (QED) is 0.738. The number of rotatable bonds is 3. The summed E-state index contributed by atoms with van der Waals surface area (Å²) in [5, 5.41) is 3.86. The molecule has 0 bridgehead atoms. The van der Waals surface area contributed by atoms with Crippen LogP contribution in [0.1, 0.15) is 81.0 Å². The van der Waals surface area contributed by atoms with E-state index in [-0.39, 0.29) is 17.9 Å². The first-order chi connectivity index (χ1) is 14.8. The summed E-state index contributed by atoms with van der Waals surface area (Å²) in [5.41, 5.74) is 0.199. The average molecular weight is 436 g/mol. The van der Waals surface area contributed by atoms with Crippen LogP contribution in [0.25, 0.3) is 0 Å². The van der Waals surface area contributed by atoms with E-state index in [0.29, 0.717) is 42.2 Å². The van der Waals surface area contributed by atoms with Crippen LogP contribution in [0.2, 0.25) is 0 Å². The molecule has 5 rings (SSSR count). The van der Waals surface area contributed by atoms with Gasteiger partial charge in [0.2, 0.25) is 5.91 Å². The van der Waals surface area contributed by atoms with Crippen LogP contribution in [-0.2, 0) is 23.9 Å². The first kappa shape index (κ1) is 21.2. The fourth-order valence-electron chi connectivity index (χ4n) is 6.79. The second kappa shape index (κ2) is 8.05. The Labute approximate surface area is 182 Å². The zero-order chi connectivity index (χ0) is 21.6. The van der Waals surface area contributed by atoms with E-state index in [4.69, 9.17) is 0 Å². The zero-order valence-electron chi connectivity index (χ0n) is 18.0. The maximum Gasteiger partial charge on any atom is 0.417 e. The van der Waals surface area contributed by atoms with Gasteiger partial charge in [-0.25, -0.2) is 0 Å². The van der Waals surface area contributed by atoms with Gasteiger partial charge in [-0.05, 0) is 56.1 Å². The van der Waals surface area contributed by atoms with Crippen LogP contribution in [0.3, 0.4) is 0 Å². The molecule has 1 aromatic heterocycles. The second-order valence-corrected chi connectivity index (χ2v) is 10.2. The minimum Gasteiger partial charge on any atom is -0.337 e. The first-order valence-electron chi connectivity index (χ1n) is 12.0. The monoisotopic (exact) mass is 435 g/mol. The second-order valence-electron chi connectivity index (χ2n) is 10.2. The Kier molecular flexibility index (Phi) is 5.51. The Bertz CT molecular complexity index is 836. The van der Waals surface area contributed by atoms with Crippen molar-refractivity contribution in [1.29, 1.82) is 0 Å². The Hall–Kier alpha value is -1.63. The summed E-state index contributed by atoms with van der Waals surface area (Å²) >= 11 is 0. The Balaban J connectivity index is 1.31. The summed E-state index contributed by atoms with van der Waals surface area (Å²) in [6, 6.07) is 2.17. The standard InChI is InChI=1S/C24H32F3N3O/c25-24(26,27)18-11-16-15-30(10-8-21(16)28-14-18)22(31)23-9-4-5-17(23)12-20(13-23)29-19-6-2-1-3-7-19/h11,14,17,19-20,29H,1-10,12-13,15H2/t17-,20-,23-/m1/s1. The van der Waals surface area contributed by atoms with Gasteiger partial charge in [-0.3, -0.25) is 9.78 Å². The smallest absolute Gasteiger partial charge is 0.337 e. The molecule has 170 valence electrons. The minimum absolute atomic E-state index is 0.172. The van der Waals surface area contributed by atoms with Crippen LogP contribution in [0.4, 0.5) is 13.2 Å². The van der Waals surface area contributed by atoms with Gasteiger partial charge in [0, 0.05) is 43.5 Å². The average Bonchev–Trinajstić information content (AvgIpc) is 3.30. The van der Waals surface area contributed by atoms with Gasteiger partial charge in [0.25, 0.3) is 0 Å². The molecule has 3 atom stereocenters. The fourth-order valence-corrected chi connectivity index (χ4v) is 6.79. The fraction of sp³-hybridized carbons (Fsp3) is 0.750. The van der Waals surface area contributed by atoms with Gasteiger partial charge in [-0.2, -0.15) is 13.2 Å². The number of hydrogen-bond donors (Lipinski definition) is 1. The topological polar surface area (TPSA) is 45.2 Å². The molecule has 1 N–H and O–H groups in total. The number of aromatic nitrogens is 1. The lowest BCUT2D eigenvalue weighted by molar-refractivity contribution is -0.144. The summed E-state index contributed by atoms with van der Waals surface area (Å²) in [7, 11) is 0. The molecule has 3 aliphatic carbocycles. The van der Waals surface area contributed by atoms with Gasteiger partial charge in [0.1, 0.15) is 0 Å². The van der Waals surface area contributed by atoms with Crippen LogP contribution in [0, 0.1) is 11.3 Å². The number of carbonyl (C=O) groups is 1. The van der Waals surface area contributed by atoms with Gasteiger partial charge in [0.15, 0.2) is 0 Å². The molecule has 3 fully saturated rings. The van der Waals surface area contributed by atoms with E-state index < -0.39 is 11.7 Å². The molecular weight excluding hydrogens is 403 g/mol. The van der Waals surface area contributed by atoms with E-state index in [0.717, 1.165) is 38.3 Å². The maximum atomic E-state index is 13.8. The van der Waals surface area contributed by atoms with Gasteiger partial charge in [-0.1, -0.05) is 25.7 Å². The summed E-state index contributed by atoms with van der Waals surface area (Å²) in [6.07, 6.45) is 8.46. The van der Waals surface area contributed by atoms with Crippen LogP contribution in [0.15, 0.2) is 12.3 Å². The van der Waals surface area contributed by atoms with Crippen molar-refractivity contribution in [3.8, 4) is 0 Å². The molecule has 7 heteroatoms. The summed E-state index contributed by atoms with van der Waals surface area (Å²) in [4.78, 5) is 19.7. The highest BCUT2D eigenvalue weighted by Gasteiger charge is 2.56. The molecule has 3 saturated carbocycles. The highest BCUT2D eigenvalue weighted by atomic mass is 19.4. The lowest BCUT2D eigenvalue weighted by atomic mass is 9.78. The van der Waals surface area contributed by atoms with Crippen molar-refractivity contribution in [2.75, 3.05) is 6.54 Å². The summed E-state index contributed by atoms with van der Waals surface area (Å²) in [6.45, 7) is 0.805. The molecule has 0 saturated heterocycles. The van der Waals surface area contributed by atoms with Crippen LogP contribution >= 0.6 is 0 Å². The van der Waals surface area contributed by atoms with E-state index >= 15 is 0 Å². The molecule has 1 amide bonds. The lowest BCUT2D eigenvalue weighted by Gasteiger charge is -2.37. The number of hydrogen-bond acceptors (Lipinski definition) is 3. The molecule has 0 aromatic carbocycles. The number of nitrogens with zero attached hydrogens (tertiary/aromatic N) is 2. The highest BCUT2D eigenvalue weighted by Crippen LogP contribution is 2.55. The van der Waals surface area contributed by atoms with E-state index in [9.17, 15) is 18.0 Å². The normalized spacial score (nSPS) is 31.5. The van der Waals surface area contributed by atoms with Gasteiger partial charge >= 0.3 is 6.18 Å². The molecule has 0 unspecified atom stereocenters. The van der Waals surface area contributed by atoms with Crippen molar-refractivity contribution in [3.63, 3.8) is 0 Å². The number of alkyl halides is 3. The largest absolute Gasteiger partial charge is 0.417 e. The van der Waals surface area contributed by atoms with Gasteiger partial charge < -0.3 is 10.2 Å². The Morgan fingerprint density at radius 3 is 2.71 bits per heavy atom. The Morgan fingerprint density at radius 2 is 1.94 bits per heavy atom. The Morgan fingerprint density at radius 1 is 1.13 bits per heavy atom. The number of carbonyl (C=O) groups excluding carboxylic acids is 1. The molecule has 4 aliphatic rings. The molecule has 4 nitrogen and oxygen atoms in total. The van der Waals surface area contributed by atoms with Crippen molar-refractivity contribution in [3.05, 3.63) is 29.1 Å². The molecule has 0 spiro atoms. The van der Waals surface area contributed by atoms with Crippen LogP contribution in [-0.4, -0.2) is 34.4 Å². The number of amides is 1. The predicted octanol–water partition coefficient (Wildman–Crippen LogP) is 4.86. The lowest BCUT2D eigenvalue weighted by Crippen LogP contribution is -2.47. The van der Waals surface area contributed by atoms with Crippen LogP contribution in [0.5, 0.6) is 0 Å². The molecule has 1 aromatic rings. The molecule has 31 heavy (non-hydrogen) atoms. The molecule has 1 aliphatic heterocycles. The van der Waals surface area contributed by atoms with Gasteiger partial charge in [0.05, 0.1) is 11.0 Å². The van der Waals surface area contributed by atoms with Gasteiger partial charge in [-0.15, -0.1) is 0 Å². The van der Waals surface area contributed by atoms with E-state index in [1.807, 2.05) is 4.90 Å². The molecular formula is C24H32F3N3O. The summed E-state index contributed by atoms with van der Waals surface area (Å²) in [5.74, 6) is 0.577. The maximum absolute atomic E-state index is 13.8. The highest BCUT2D eigenvalue weighted by molar-refractivity contribution is 5.84. The van der Waals surface area contributed by atoms with Crippen LogP contribution < -0.4 is 5.32 Å². The molecule has 0 radical (unpaired) electrons. The number of pyridine rings is 1. The van der Waals surface area contributed by atoms with Crippen molar-refractivity contribution >= 4 is 5.91 Å². The number of fused-ring (bicyclic) bond motifs is 2. The number of halogens is 3. The third kappa shape index (κ3) is 3.98. The van der Waals surface area contributed by atoms with E-state index in [2.05, 4.69) is 10.3 Å². The third-order valence-corrected chi connectivity index (χ3v) is 8.29. The van der Waals surface area contributed by atoms with Crippen molar-refractivity contribution < 1.29 is 18.0 Å². The predicted molar refractivity (Wildman–Crippen MR) is 111 cm³/mol. The van der Waals surface area contributed by atoms with E-state index in [1.54, 1.807) is 0 Å².